The van der Waals surface area contributed by atoms with Crippen molar-refractivity contribution in [3.8, 4) is 0 Å². The summed E-state index contributed by atoms with van der Waals surface area (Å²) in [5.74, 6) is -2.12. The van der Waals surface area contributed by atoms with Crippen LogP contribution in [0.1, 0.15) is 41.4 Å². The number of aromatic carboxylic acids is 1. The van der Waals surface area contributed by atoms with Crippen molar-refractivity contribution in [3.05, 3.63) is 11.4 Å². The highest BCUT2D eigenvalue weighted by Crippen LogP contribution is 2.37. The third-order valence-electron chi connectivity index (χ3n) is 2.75. The molecular weight excluding hydrogens is 214 g/mol. The topological polar surface area (TPSA) is 105 Å². The molecule has 7 nitrogen and oxygen atoms in total. The van der Waals surface area contributed by atoms with E-state index < -0.39 is 11.9 Å². The Morgan fingerprint density at radius 3 is 2.50 bits per heavy atom. The molecule has 2 rings (SSSR count). The molecule has 1 aromatic rings. The molecule has 0 aromatic carbocycles. The highest BCUT2D eigenvalue weighted by Gasteiger charge is 2.30. The molecule has 1 aliphatic carbocycles. The molecule has 0 unspecified atom stereocenters. The van der Waals surface area contributed by atoms with Crippen LogP contribution in [0, 0.1) is 0 Å². The van der Waals surface area contributed by atoms with Crippen molar-refractivity contribution in [1.29, 1.82) is 0 Å². The van der Waals surface area contributed by atoms with E-state index in [-0.39, 0.29) is 18.2 Å². The number of aromatic nitrogens is 3. The van der Waals surface area contributed by atoms with Gasteiger partial charge in [0.1, 0.15) is 6.54 Å². The predicted octanol–water partition coefficient (Wildman–Crippen LogP) is 0.328. The molecule has 16 heavy (non-hydrogen) atoms. The van der Waals surface area contributed by atoms with E-state index in [9.17, 15) is 9.59 Å². The second-order valence-corrected chi connectivity index (χ2v) is 3.81. The summed E-state index contributed by atoms with van der Waals surface area (Å²) < 4.78 is 1.18. The molecule has 0 radical (unpaired) electrons. The van der Waals surface area contributed by atoms with Gasteiger partial charge in [-0.15, -0.1) is 5.10 Å². The number of carbonyl (C=O) groups is 2. The first-order chi connectivity index (χ1) is 7.59. The van der Waals surface area contributed by atoms with Crippen LogP contribution in [0.3, 0.4) is 0 Å². The third kappa shape index (κ3) is 1.75. The molecule has 0 saturated heterocycles. The summed E-state index contributed by atoms with van der Waals surface area (Å²) in [6.07, 6.45) is 2.77. The smallest absolute Gasteiger partial charge is 0.358 e. The monoisotopic (exact) mass is 225 g/mol. The third-order valence-corrected chi connectivity index (χ3v) is 2.75. The highest BCUT2D eigenvalue weighted by molar-refractivity contribution is 5.86. The molecule has 7 heteroatoms. The minimum absolute atomic E-state index is 0.0837. The summed E-state index contributed by atoms with van der Waals surface area (Å²) >= 11 is 0. The van der Waals surface area contributed by atoms with Crippen molar-refractivity contribution in [2.75, 3.05) is 0 Å². The molecule has 0 bridgehead atoms. The van der Waals surface area contributed by atoms with Crippen LogP contribution in [0.5, 0.6) is 0 Å². The molecule has 0 atom stereocenters. The molecule has 1 heterocycles. The maximum Gasteiger partial charge on any atom is 0.358 e. The van der Waals surface area contributed by atoms with Crippen LogP contribution in [-0.4, -0.2) is 37.1 Å². The van der Waals surface area contributed by atoms with Gasteiger partial charge in [-0.3, -0.25) is 4.79 Å². The van der Waals surface area contributed by atoms with Gasteiger partial charge in [-0.1, -0.05) is 11.6 Å². The van der Waals surface area contributed by atoms with Gasteiger partial charge in [-0.05, 0) is 12.8 Å². The van der Waals surface area contributed by atoms with Crippen LogP contribution in [0.4, 0.5) is 0 Å². The van der Waals surface area contributed by atoms with Crippen LogP contribution in [-0.2, 0) is 11.3 Å². The Labute approximate surface area is 90.7 Å². The molecule has 1 aliphatic rings. The fraction of sp³-hybridized carbons (Fsp3) is 0.556. The average Bonchev–Trinajstić information content (AvgIpc) is 2.45. The molecule has 0 aliphatic heterocycles. The first kappa shape index (κ1) is 10.6. The summed E-state index contributed by atoms with van der Waals surface area (Å²) in [4.78, 5) is 21.5. The standard InChI is InChI=1S/C9H11N3O4/c13-6(14)4-12-8(5-2-1-3-5)7(9(15)16)10-11-12/h5H,1-4H2,(H,13,14)(H,15,16). The molecule has 1 saturated carbocycles. The van der Waals surface area contributed by atoms with E-state index in [0.29, 0.717) is 5.69 Å². The lowest BCUT2D eigenvalue weighted by atomic mass is 9.82. The highest BCUT2D eigenvalue weighted by atomic mass is 16.4. The lowest BCUT2D eigenvalue weighted by Gasteiger charge is -2.25. The van der Waals surface area contributed by atoms with E-state index in [1.54, 1.807) is 0 Å². The largest absolute Gasteiger partial charge is 0.480 e. The Kier molecular flexibility index (Phi) is 2.59. The van der Waals surface area contributed by atoms with Gasteiger partial charge in [0.15, 0.2) is 5.69 Å². The molecule has 0 amide bonds. The number of hydrogen-bond donors (Lipinski definition) is 2. The van der Waals surface area contributed by atoms with E-state index in [2.05, 4.69) is 10.3 Å². The zero-order valence-electron chi connectivity index (χ0n) is 8.46. The van der Waals surface area contributed by atoms with Gasteiger partial charge in [-0.25, -0.2) is 9.48 Å². The van der Waals surface area contributed by atoms with Crippen LogP contribution in [0.2, 0.25) is 0 Å². The van der Waals surface area contributed by atoms with Gasteiger partial charge in [0.25, 0.3) is 0 Å². The Morgan fingerprint density at radius 2 is 2.06 bits per heavy atom. The summed E-state index contributed by atoms with van der Waals surface area (Å²) in [5, 5.41) is 24.7. The van der Waals surface area contributed by atoms with Crippen molar-refractivity contribution in [1.82, 2.24) is 15.0 Å². The van der Waals surface area contributed by atoms with Gasteiger partial charge >= 0.3 is 11.9 Å². The minimum Gasteiger partial charge on any atom is -0.480 e. The minimum atomic E-state index is -1.15. The van der Waals surface area contributed by atoms with Gasteiger partial charge in [0.2, 0.25) is 0 Å². The van der Waals surface area contributed by atoms with Gasteiger partial charge in [0.05, 0.1) is 5.69 Å². The van der Waals surface area contributed by atoms with Crippen molar-refractivity contribution in [2.45, 2.75) is 31.7 Å². The number of nitrogens with zero attached hydrogens (tertiary/aromatic N) is 3. The SMILES string of the molecule is O=C(O)Cn1nnc(C(=O)O)c1C1CCC1. The lowest BCUT2D eigenvalue weighted by molar-refractivity contribution is -0.138. The van der Waals surface area contributed by atoms with Crippen LogP contribution in [0.15, 0.2) is 0 Å². The van der Waals surface area contributed by atoms with E-state index >= 15 is 0 Å². The Bertz CT molecular complexity index is 436. The second kappa shape index (κ2) is 3.92. The number of carboxylic acid groups (broad SMARTS) is 2. The van der Waals surface area contributed by atoms with E-state index in [4.69, 9.17) is 10.2 Å². The fourth-order valence-corrected chi connectivity index (χ4v) is 1.80. The van der Waals surface area contributed by atoms with E-state index in [1.165, 1.54) is 4.68 Å². The number of rotatable bonds is 4. The number of hydrogen-bond acceptors (Lipinski definition) is 4. The van der Waals surface area contributed by atoms with Crippen molar-refractivity contribution >= 4 is 11.9 Å². The fourth-order valence-electron chi connectivity index (χ4n) is 1.80. The summed E-state index contributed by atoms with van der Waals surface area (Å²) in [5.41, 5.74) is 0.326. The first-order valence-electron chi connectivity index (χ1n) is 4.98. The van der Waals surface area contributed by atoms with E-state index in [1.807, 2.05) is 0 Å². The van der Waals surface area contributed by atoms with Gasteiger partial charge in [-0.2, -0.15) is 0 Å². The summed E-state index contributed by atoms with van der Waals surface area (Å²) in [6, 6.07) is 0. The Balaban J connectivity index is 2.36. The van der Waals surface area contributed by atoms with Crippen molar-refractivity contribution in [3.63, 3.8) is 0 Å². The average molecular weight is 225 g/mol. The zero-order valence-corrected chi connectivity index (χ0v) is 8.46. The zero-order chi connectivity index (χ0) is 11.7. The maximum absolute atomic E-state index is 10.9. The molecule has 2 N–H and O–H groups in total. The van der Waals surface area contributed by atoms with Crippen LogP contribution < -0.4 is 0 Å². The second-order valence-electron chi connectivity index (χ2n) is 3.81. The summed E-state index contributed by atoms with van der Waals surface area (Å²) in [6.45, 7) is -0.341. The lowest BCUT2D eigenvalue weighted by Crippen LogP contribution is -2.20. The van der Waals surface area contributed by atoms with Crippen LogP contribution in [0.25, 0.3) is 0 Å². The van der Waals surface area contributed by atoms with Gasteiger partial charge < -0.3 is 10.2 Å². The Hall–Kier alpha value is -1.92. The molecular formula is C9H11N3O4. The summed E-state index contributed by atoms with van der Waals surface area (Å²) in [7, 11) is 0. The number of aliphatic carboxylic acids is 1. The maximum atomic E-state index is 10.9. The normalized spacial score (nSPS) is 15.8. The molecule has 0 spiro atoms. The van der Waals surface area contributed by atoms with Crippen LogP contribution >= 0.6 is 0 Å². The van der Waals surface area contributed by atoms with Gasteiger partial charge in [0, 0.05) is 5.92 Å². The van der Waals surface area contributed by atoms with Crippen molar-refractivity contribution < 1.29 is 19.8 Å². The van der Waals surface area contributed by atoms with E-state index in [0.717, 1.165) is 19.3 Å². The van der Waals surface area contributed by atoms with Crippen molar-refractivity contribution in [2.24, 2.45) is 0 Å². The predicted molar refractivity (Wildman–Crippen MR) is 51.2 cm³/mol. The molecule has 1 fully saturated rings. The molecule has 86 valence electrons. The number of carboxylic acids is 2. The Morgan fingerprint density at radius 1 is 1.38 bits per heavy atom. The first-order valence-corrected chi connectivity index (χ1v) is 4.98. The molecule has 1 aromatic heterocycles. The quantitative estimate of drug-likeness (QED) is 0.764.